The molecule has 0 spiro atoms. The molecule has 3 N–H and O–H groups in total. The molecule has 114 valence electrons. The standard InChI is InChI=1S/C15H19N3O2.ClH/c16-12-9-18(15(20)13-6-7-14(19)17-13)8-11(12)10-4-2-1-3-5-10;/h1-5,11-13H,6-9,16H2,(H,17,19);1H/t11-,12+,13-;/m0./s1. The van der Waals surface area contributed by atoms with Crippen LogP contribution in [-0.4, -0.2) is 41.9 Å². The Morgan fingerprint density at radius 1 is 1.24 bits per heavy atom. The smallest absolute Gasteiger partial charge is 0.245 e. The van der Waals surface area contributed by atoms with Crippen LogP contribution in [-0.2, 0) is 9.59 Å². The molecular weight excluding hydrogens is 290 g/mol. The minimum Gasteiger partial charge on any atom is -0.344 e. The van der Waals surface area contributed by atoms with E-state index >= 15 is 0 Å². The average molecular weight is 310 g/mol. The first-order chi connectivity index (χ1) is 9.65. The molecule has 0 unspecified atom stereocenters. The Morgan fingerprint density at radius 3 is 2.57 bits per heavy atom. The Kier molecular flexibility index (Phi) is 4.85. The van der Waals surface area contributed by atoms with Gasteiger partial charge in [-0.2, -0.15) is 0 Å². The van der Waals surface area contributed by atoms with Crippen molar-refractivity contribution in [1.82, 2.24) is 10.2 Å². The molecule has 1 aromatic rings. The summed E-state index contributed by atoms with van der Waals surface area (Å²) in [4.78, 5) is 25.4. The largest absolute Gasteiger partial charge is 0.344 e. The van der Waals surface area contributed by atoms with E-state index in [2.05, 4.69) is 17.4 Å². The second-order valence-electron chi connectivity index (χ2n) is 5.58. The SMILES string of the molecule is Cl.N[C@@H]1CN(C(=O)[C@@H]2CCC(=O)N2)C[C@H]1c1ccccc1. The summed E-state index contributed by atoms with van der Waals surface area (Å²) in [5.74, 6) is 0.147. The lowest BCUT2D eigenvalue weighted by Gasteiger charge is -2.20. The fourth-order valence-electron chi connectivity index (χ4n) is 3.08. The molecule has 21 heavy (non-hydrogen) atoms. The van der Waals surface area contributed by atoms with Crippen molar-refractivity contribution in [3.05, 3.63) is 35.9 Å². The van der Waals surface area contributed by atoms with Crippen molar-refractivity contribution in [3.8, 4) is 0 Å². The van der Waals surface area contributed by atoms with Crippen molar-refractivity contribution >= 4 is 24.2 Å². The van der Waals surface area contributed by atoms with E-state index in [1.54, 1.807) is 4.90 Å². The molecule has 0 aromatic heterocycles. The van der Waals surface area contributed by atoms with Crippen LogP contribution in [0.25, 0.3) is 0 Å². The van der Waals surface area contributed by atoms with Crippen molar-refractivity contribution in [2.45, 2.75) is 30.8 Å². The fourth-order valence-corrected chi connectivity index (χ4v) is 3.08. The second-order valence-corrected chi connectivity index (χ2v) is 5.58. The minimum atomic E-state index is -0.357. The molecule has 0 radical (unpaired) electrons. The van der Waals surface area contributed by atoms with Gasteiger partial charge in [0.15, 0.2) is 0 Å². The summed E-state index contributed by atoms with van der Waals surface area (Å²) in [6, 6.07) is 9.66. The summed E-state index contributed by atoms with van der Waals surface area (Å²) < 4.78 is 0. The van der Waals surface area contributed by atoms with E-state index in [1.165, 1.54) is 5.56 Å². The summed E-state index contributed by atoms with van der Waals surface area (Å²) in [6.07, 6.45) is 1.04. The van der Waals surface area contributed by atoms with Gasteiger partial charge in [-0.1, -0.05) is 30.3 Å². The van der Waals surface area contributed by atoms with Crippen molar-refractivity contribution in [2.24, 2.45) is 5.73 Å². The van der Waals surface area contributed by atoms with Gasteiger partial charge in [0.1, 0.15) is 6.04 Å². The molecule has 3 rings (SSSR count). The average Bonchev–Trinajstić information content (AvgIpc) is 3.05. The Hall–Kier alpha value is -1.59. The number of nitrogens with two attached hydrogens (primary N) is 1. The predicted octanol–water partition coefficient (Wildman–Crippen LogP) is 0.640. The lowest BCUT2D eigenvalue weighted by atomic mass is 9.95. The topological polar surface area (TPSA) is 75.4 Å². The maximum atomic E-state index is 12.4. The Balaban J connectivity index is 0.00000161. The zero-order valence-electron chi connectivity index (χ0n) is 11.7. The van der Waals surface area contributed by atoms with Crippen LogP contribution in [0, 0.1) is 0 Å². The highest BCUT2D eigenvalue weighted by Crippen LogP contribution is 2.27. The number of nitrogens with zero attached hydrogens (tertiary/aromatic N) is 1. The monoisotopic (exact) mass is 309 g/mol. The predicted molar refractivity (Wildman–Crippen MR) is 82.2 cm³/mol. The number of carbonyl (C=O) groups is 2. The molecule has 0 aliphatic carbocycles. The molecule has 2 heterocycles. The van der Waals surface area contributed by atoms with Crippen LogP contribution in [0.15, 0.2) is 30.3 Å². The summed E-state index contributed by atoms with van der Waals surface area (Å²) in [5.41, 5.74) is 7.36. The third-order valence-electron chi connectivity index (χ3n) is 4.20. The number of benzene rings is 1. The van der Waals surface area contributed by atoms with E-state index in [1.807, 2.05) is 18.2 Å². The van der Waals surface area contributed by atoms with Crippen LogP contribution in [0.3, 0.4) is 0 Å². The molecule has 3 atom stereocenters. The van der Waals surface area contributed by atoms with Crippen LogP contribution in [0.5, 0.6) is 0 Å². The van der Waals surface area contributed by atoms with Crippen LogP contribution < -0.4 is 11.1 Å². The molecule has 2 amide bonds. The molecule has 5 nitrogen and oxygen atoms in total. The van der Waals surface area contributed by atoms with Gasteiger partial charge in [0, 0.05) is 31.5 Å². The number of amides is 2. The normalized spacial score (nSPS) is 28.1. The molecule has 1 aromatic carbocycles. The first-order valence-electron chi connectivity index (χ1n) is 7.04. The number of carbonyl (C=O) groups excluding carboxylic acids is 2. The van der Waals surface area contributed by atoms with Crippen molar-refractivity contribution < 1.29 is 9.59 Å². The van der Waals surface area contributed by atoms with E-state index < -0.39 is 0 Å². The van der Waals surface area contributed by atoms with Crippen molar-refractivity contribution in [2.75, 3.05) is 13.1 Å². The van der Waals surface area contributed by atoms with E-state index in [4.69, 9.17) is 5.73 Å². The van der Waals surface area contributed by atoms with Gasteiger partial charge in [0.05, 0.1) is 0 Å². The maximum absolute atomic E-state index is 12.4. The first kappa shape index (κ1) is 15.8. The Morgan fingerprint density at radius 2 is 1.95 bits per heavy atom. The lowest BCUT2D eigenvalue weighted by Crippen LogP contribution is -2.44. The summed E-state index contributed by atoms with van der Waals surface area (Å²) in [7, 11) is 0. The van der Waals surface area contributed by atoms with Gasteiger partial charge >= 0.3 is 0 Å². The van der Waals surface area contributed by atoms with Gasteiger partial charge in [0.2, 0.25) is 11.8 Å². The lowest BCUT2D eigenvalue weighted by molar-refractivity contribution is -0.133. The molecule has 2 saturated heterocycles. The highest BCUT2D eigenvalue weighted by atomic mass is 35.5. The minimum absolute atomic E-state index is 0. The van der Waals surface area contributed by atoms with Crippen LogP contribution in [0.4, 0.5) is 0 Å². The number of hydrogen-bond acceptors (Lipinski definition) is 3. The number of hydrogen-bond donors (Lipinski definition) is 2. The van der Waals surface area contributed by atoms with E-state index in [0.29, 0.717) is 25.9 Å². The van der Waals surface area contributed by atoms with E-state index in [-0.39, 0.29) is 42.2 Å². The van der Waals surface area contributed by atoms with Gasteiger partial charge in [-0.3, -0.25) is 9.59 Å². The van der Waals surface area contributed by atoms with Crippen molar-refractivity contribution in [3.63, 3.8) is 0 Å². The Labute approximate surface area is 130 Å². The fraction of sp³-hybridized carbons (Fsp3) is 0.467. The molecule has 0 bridgehead atoms. The third-order valence-corrected chi connectivity index (χ3v) is 4.20. The number of likely N-dealkylation sites (tertiary alicyclic amines) is 1. The quantitative estimate of drug-likeness (QED) is 0.842. The zero-order valence-corrected chi connectivity index (χ0v) is 12.5. The van der Waals surface area contributed by atoms with Crippen molar-refractivity contribution in [1.29, 1.82) is 0 Å². The van der Waals surface area contributed by atoms with Crippen LogP contribution in [0.1, 0.15) is 24.3 Å². The molecule has 0 saturated carbocycles. The van der Waals surface area contributed by atoms with Gasteiger partial charge in [-0.25, -0.2) is 0 Å². The summed E-state index contributed by atoms with van der Waals surface area (Å²) in [5, 5.41) is 2.73. The second kappa shape index (κ2) is 6.45. The molecule has 2 aliphatic rings. The maximum Gasteiger partial charge on any atom is 0.245 e. The third kappa shape index (κ3) is 3.19. The van der Waals surface area contributed by atoms with Crippen LogP contribution in [0.2, 0.25) is 0 Å². The number of halogens is 1. The summed E-state index contributed by atoms with van der Waals surface area (Å²) in [6.45, 7) is 1.20. The molecule has 2 aliphatic heterocycles. The number of nitrogens with one attached hydrogen (secondary N) is 1. The molecule has 6 heteroatoms. The highest BCUT2D eigenvalue weighted by Gasteiger charge is 2.38. The zero-order chi connectivity index (χ0) is 14.1. The van der Waals surface area contributed by atoms with E-state index in [9.17, 15) is 9.59 Å². The van der Waals surface area contributed by atoms with Crippen LogP contribution >= 0.6 is 12.4 Å². The molecule has 2 fully saturated rings. The number of rotatable bonds is 2. The van der Waals surface area contributed by atoms with Gasteiger partial charge < -0.3 is 16.0 Å². The van der Waals surface area contributed by atoms with Gasteiger partial charge in [0.25, 0.3) is 0 Å². The van der Waals surface area contributed by atoms with Gasteiger partial charge in [-0.15, -0.1) is 12.4 Å². The highest BCUT2D eigenvalue weighted by molar-refractivity contribution is 5.91. The first-order valence-corrected chi connectivity index (χ1v) is 7.04. The summed E-state index contributed by atoms with van der Waals surface area (Å²) >= 11 is 0. The van der Waals surface area contributed by atoms with E-state index in [0.717, 1.165) is 0 Å². The van der Waals surface area contributed by atoms with Gasteiger partial charge in [-0.05, 0) is 12.0 Å². The Bertz CT molecular complexity index is 523. The molecular formula is C15H20ClN3O2.